The number of nitrogens with one attached hydrogen (secondary N) is 1. The summed E-state index contributed by atoms with van der Waals surface area (Å²) in [7, 11) is 1.60. The van der Waals surface area contributed by atoms with Crippen molar-refractivity contribution in [3.8, 4) is 5.75 Å². The minimum Gasteiger partial charge on any atom is -0.496 e. The molecule has 0 bridgehead atoms. The summed E-state index contributed by atoms with van der Waals surface area (Å²) in [5.41, 5.74) is 1.57. The van der Waals surface area contributed by atoms with Crippen LogP contribution in [0.4, 0.5) is 0 Å². The summed E-state index contributed by atoms with van der Waals surface area (Å²) in [5, 5.41) is 2.91. The molecular weight excluding hydrogens is 254 g/mol. The van der Waals surface area contributed by atoms with Crippen LogP contribution in [0.15, 0.2) is 34.7 Å². The lowest BCUT2D eigenvalue weighted by Gasteiger charge is -2.12. The molecule has 1 aromatic heterocycles. The van der Waals surface area contributed by atoms with Crippen molar-refractivity contribution in [1.82, 2.24) is 5.32 Å². The Labute approximate surface area is 118 Å². The van der Waals surface area contributed by atoms with Crippen LogP contribution in [0.1, 0.15) is 40.4 Å². The molecular formula is C16H19NO3. The molecule has 106 valence electrons. The predicted octanol–water partition coefficient (Wildman–Crippen LogP) is 3.40. The molecule has 0 aliphatic carbocycles. The number of furan rings is 1. The van der Waals surface area contributed by atoms with Gasteiger partial charge in [-0.15, -0.1) is 0 Å². The largest absolute Gasteiger partial charge is 0.496 e. The number of aryl methyl sites for hydroxylation is 2. The fraction of sp³-hybridized carbons (Fsp3) is 0.312. The third kappa shape index (κ3) is 3.02. The van der Waals surface area contributed by atoms with Gasteiger partial charge in [0.05, 0.1) is 13.2 Å². The number of ether oxygens (including phenoxy) is 1. The Bertz CT molecular complexity index is 616. The lowest BCUT2D eigenvalue weighted by atomic mass is 10.1. The summed E-state index contributed by atoms with van der Waals surface area (Å²) in [6.45, 7) is 5.71. The molecule has 1 aromatic carbocycles. The molecule has 1 unspecified atom stereocenters. The molecule has 0 spiro atoms. The van der Waals surface area contributed by atoms with E-state index in [1.54, 1.807) is 19.2 Å². The lowest BCUT2D eigenvalue weighted by molar-refractivity contribution is 0.0934. The van der Waals surface area contributed by atoms with Gasteiger partial charge in [0.25, 0.3) is 5.91 Å². The molecule has 0 saturated carbocycles. The zero-order chi connectivity index (χ0) is 14.7. The van der Waals surface area contributed by atoms with Gasteiger partial charge in [-0.25, -0.2) is 0 Å². The minimum absolute atomic E-state index is 0.148. The highest BCUT2D eigenvalue weighted by Crippen LogP contribution is 2.20. The van der Waals surface area contributed by atoms with Gasteiger partial charge in [-0.2, -0.15) is 0 Å². The third-order valence-corrected chi connectivity index (χ3v) is 3.21. The van der Waals surface area contributed by atoms with E-state index in [1.165, 1.54) is 0 Å². The predicted molar refractivity (Wildman–Crippen MR) is 77.1 cm³/mol. The van der Waals surface area contributed by atoms with Crippen LogP contribution in [0, 0.1) is 13.8 Å². The van der Waals surface area contributed by atoms with Crippen LogP contribution in [0.3, 0.4) is 0 Å². The second-order valence-corrected chi connectivity index (χ2v) is 4.83. The van der Waals surface area contributed by atoms with E-state index >= 15 is 0 Å². The number of benzene rings is 1. The summed E-state index contributed by atoms with van der Waals surface area (Å²) in [4.78, 5) is 12.2. The van der Waals surface area contributed by atoms with Crippen LogP contribution in [0.25, 0.3) is 0 Å². The standard InChI is InChI=1S/C16H19NO3/c1-10-5-7-13(9-15(10)19-4)16(18)17-12(3)14-8-6-11(2)20-14/h5-9,12H,1-4H3,(H,17,18). The van der Waals surface area contributed by atoms with E-state index in [-0.39, 0.29) is 11.9 Å². The smallest absolute Gasteiger partial charge is 0.251 e. The highest BCUT2D eigenvalue weighted by Gasteiger charge is 2.15. The van der Waals surface area contributed by atoms with Crippen molar-refractivity contribution >= 4 is 5.91 Å². The SMILES string of the molecule is COc1cc(C(=O)NC(C)c2ccc(C)o2)ccc1C. The number of carbonyl (C=O) groups excluding carboxylic acids is 1. The highest BCUT2D eigenvalue weighted by atomic mass is 16.5. The zero-order valence-electron chi connectivity index (χ0n) is 12.2. The Morgan fingerprint density at radius 1 is 1.25 bits per heavy atom. The molecule has 0 aliphatic heterocycles. The Balaban J connectivity index is 2.12. The fourth-order valence-corrected chi connectivity index (χ4v) is 2.00. The molecule has 20 heavy (non-hydrogen) atoms. The number of hydrogen-bond donors (Lipinski definition) is 1. The van der Waals surface area contributed by atoms with Crippen LogP contribution in [-0.2, 0) is 0 Å². The van der Waals surface area contributed by atoms with Crippen LogP contribution < -0.4 is 10.1 Å². The van der Waals surface area contributed by atoms with E-state index in [0.29, 0.717) is 11.3 Å². The van der Waals surface area contributed by atoms with Gasteiger partial charge in [0.1, 0.15) is 17.3 Å². The van der Waals surface area contributed by atoms with E-state index in [0.717, 1.165) is 17.1 Å². The van der Waals surface area contributed by atoms with Crippen molar-refractivity contribution in [2.45, 2.75) is 26.8 Å². The van der Waals surface area contributed by atoms with Gasteiger partial charge < -0.3 is 14.5 Å². The second kappa shape index (κ2) is 5.82. The molecule has 1 amide bonds. The molecule has 2 rings (SSSR count). The first-order valence-corrected chi connectivity index (χ1v) is 6.53. The molecule has 0 saturated heterocycles. The third-order valence-electron chi connectivity index (χ3n) is 3.21. The molecule has 4 nitrogen and oxygen atoms in total. The Kier molecular flexibility index (Phi) is 4.13. The quantitative estimate of drug-likeness (QED) is 0.929. The fourth-order valence-electron chi connectivity index (χ4n) is 2.00. The first-order valence-electron chi connectivity index (χ1n) is 6.53. The summed E-state index contributed by atoms with van der Waals surface area (Å²) >= 11 is 0. The molecule has 0 fully saturated rings. The van der Waals surface area contributed by atoms with Gasteiger partial charge in [0.2, 0.25) is 0 Å². The molecule has 1 N–H and O–H groups in total. The Hall–Kier alpha value is -2.23. The van der Waals surface area contributed by atoms with Crippen molar-refractivity contribution in [2.24, 2.45) is 0 Å². The van der Waals surface area contributed by atoms with E-state index < -0.39 is 0 Å². The number of hydrogen-bond acceptors (Lipinski definition) is 3. The van der Waals surface area contributed by atoms with Crippen LogP contribution in [0.2, 0.25) is 0 Å². The van der Waals surface area contributed by atoms with E-state index in [1.807, 2.05) is 39.0 Å². The number of rotatable bonds is 4. The lowest BCUT2D eigenvalue weighted by Crippen LogP contribution is -2.26. The topological polar surface area (TPSA) is 51.5 Å². The average Bonchev–Trinajstić information content (AvgIpc) is 2.86. The molecule has 4 heteroatoms. The second-order valence-electron chi connectivity index (χ2n) is 4.83. The van der Waals surface area contributed by atoms with E-state index in [4.69, 9.17) is 9.15 Å². The number of methoxy groups -OCH3 is 1. The van der Waals surface area contributed by atoms with Gasteiger partial charge in [0.15, 0.2) is 0 Å². The molecule has 2 aromatic rings. The van der Waals surface area contributed by atoms with E-state index in [2.05, 4.69) is 5.32 Å². The zero-order valence-corrected chi connectivity index (χ0v) is 12.2. The van der Waals surface area contributed by atoms with Crippen LogP contribution in [0.5, 0.6) is 5.75 Å². The van der Waals surface area contributed by atoms with Crippen LogP contribution in [-0.4, -0.2) is 13.0 Å². The van der Waals surface area contributed by atoms with Gasteiger partial charge in [-0.1, -0.05) is 6.07 Å². The summed E-state index contributed by atoms with van der Waals surface area (Å²) in [6.07, 6.45) is 0. The van der Waals surface area contributed by atoms with Crippen molar-refractivity contribution in [2.75, 3.05) is 7.11 Å². The highest BCUT2D eigenvalue weighted by molar-refractivity contribution is 5.94. The van der Waals surface area contributed by atoms with Gasteiger partial charge in [0, 0.05) is 5.56 Å². The molecule has 0 aliphatic rings. The van der Waals surface area contributed by atoms with Crippen molar-refractivity contribution in [1.29, 1.82) is 0 Å². The summed E-state index contributed by atoms with van der Waals surface area (Å²) in [6, 6.07) is 8.97. The molecule has 1 heterocycles. The molecule has 1 atom stereocenters. The Morgan fingerprint density at radius 2 is 2.00 bits per heavy atom. The normalized spacial score (nSPS) is 12.0. The van der Waals surface area contributed by atoms with Gasteiger partial charge >= 0.3 is 0 Å². The maximum Gasteiger partial charge on any atom is 0.251 e. The minimum atomic E-state index is -0.177. The van der Waals surface area contributed by atoms with Crippen molar-refractivity contribution in [3.05, 3.63) is 53.0 Å². The maximum absolute atomic E-state index is 12.2. The first kappa shape index (κ1) is 14.2. The average molecular weight is 273 g/mol. The molecule has 0 radical (unpaired) electrons. The van der Waals surface area contributed by atoms with Gasteiger partial charge in [-0.05, 0) is 50.6 Å². The first-order chi connectivity index (χ1) is 9.51. The number of carbonyl (C=O) groups is 1. The monoisotopic (exact) mass is 273 g/mol. The number of amides is 1. The van der Waals surface area contributed by atoms with E-state index in [9.17, 15) is 4.79 Å². The van der Waals surface area contributed by atoms with Gasteiger partial charge in [-0.3, -0.25) is 4.79 Å². The van der Waals surface area contributed by atoms with Crippen molar-refractivity contribution in [3.63, 3.8) is 0 Å². The van der Waals surface area contributed by atoms with Crippen LogP contribution >= 0.6 is 0 Å². The maximum atomic E-state index is 12.2. The Morgan fingerprint density at radius 3 is 2.60 bits per heavy atom. The summed E-state index contributed by atoms with van der Waals surface area (Å²) < 4.78 is 10.7. The van der Waals surface area contributed by atoms with Crippen molar-refractivity contribution < 1.29 is 13.9 Å². The summed E-state index contributed by atoms with van der Waals surface area (Å²) in [5.74, 6) is 2.14.